The summed E-state index contributed by atoms with van der Waals surface area (Å²) in [6, 6.07) is 4.33. The number of urea groups is 1. The summed E-state index contributed by atoms with van der Waals surface area (Å²) in [6.45, 7) is 0. The molecule has 1 aliphatic carbocycles. The number of hydrogen-bond donors (Lipinski definition) is 3. The number of aromatic amines is 1. The molecule has 1 fully saturated rings. The lowest BCUT2D eigenvalue weighted by molar-refractivity contribution is 0.233. The van der Waals surface area contributed by atoms with Crippen molar-refractivity contribution in [3.8, 4) is 12.1 Å². The SMILES string of the molecule is COc1nsc(NC(=O)NC2CC(N(C)c3c(C#N)cnc4[nH]ccc34)C2)n1. The molecule has 3 heterocycles. The van der Waals surface area contributed by atoms with Crippen LogP contribution in [0.1, 0.15) is 18.4 Å². The van der Waals surface area contributed by atoms with Crippen LogP contribution in [0.2, 0.25) is 0 Å². The van der Waals surface area contributed by atoms with Crippen LogP contribution in [0.3, 0.4) is 0 Å². The minimum atomic E-state index is -0.320. The molecule has 0 atom stereocenters. The van der Waals surface area contributed by atoms with Gasteiger partial charge in [-0.1, -0.05) is 0 Å². The van der Waals surface area contributed by atoms with Crippen molar-refractivity contribution >= 4 is 39.4 Å². The van der Waals surface area contributed by atoms with E-state index in [1.165, 1.54) is 7.11 Å². The second-order valence-corrected chi connectivity index (χ2v) is 7.24. The number of nitriles is 1. The van der Waals surface area contributed by atoms with E-state index in [1.54, 1.807) is 6.20 Å². The Morgan fingerprint density at radius 1 is 1.50 bits per heavy atom. The van der Waals surface area contributed by atoms with Crippen molar-refractivity contribution in [3.05, 3.63) is 24.0 Å². The molecule has 0 bridgehead atoms. The van der Waals surface area contributed by atoms with Crippen LogP contribution in [-0.2, 0) is 0 Å². The number of ether oxygens (including phenoxy) is 1. The van der Waals surface area contributed by atoms with Gasteiger partial charge in [-0.05, 0) is 18.9 Å². The summed E-state index contributed by atoms with van der Waals surface area (Å²) in [5.41, 5.74) is 2.15. The van der Waals surface area contributed by atoms with Gasteiger partial charge in [-0.25, -0.2) is 9.78 Å². The van der Waals surface area contributed by atoms with Crippen molar-refractivity contribution in [2.24, 2.45) is 0 Å². The summed E-state index contributed by atoms with van der Waals surface area (Å²) in [6.07, 6.45) is 4.96. The zero-order chi connectivity index (χ0) is 19.7. The van der Waals surface area contributed by atoms with E-state index in [0.717, 1.165) is 41.1 Å². The molecule has 0 spiro atoms. The van der Waals surface area contributed by atoms with Crippen LogP contribution < -0.4 is 20.3 Å². The summed E-state index contributed by atoms with van der Waals surface area (Å²) in [5, 5.41) is 16.3. The summed E-state index contributed by atoms with van der Waals surface area (Å²) in [4.78, 5) is 25.6. The van der Waals surface area contributed by atoms with Crippen LogP contribution in [0.4, 0.5) is 15.6 Å². The third-order valence-corrected chi connectivity index (χ3v) is 5.45. The molecule has 11 heteroatoms. The van der Waals surface area contributed by atoms with Gasteiger partial charge in [0.15, 0.2) is 0 Å². The third-order valence-electron chi connectivity index (χ3n) is 4.84. The van der Waals surface area contributed by atoms with Crippen LogP contribution in [0.25, 0.3) is 11.0 Å². The van der Waals surface area contributed by atoms with Gasteiger partial charge in [-0.2, -0.15) is 10.2 Å². The molecule has 10 nitrogen and oxygen atoms in total. The predicted molar refractivity (Wildman–Crippen MR) is 105 cm³/mol. The average Bonchev–Trinajstić information content (AvgIpc) is 3.31. The maximum atomic E-state index is 12.1. The van der Waals surface area contributed by atoms with Gasteiger partial charge >= 0.3 is 12.0 Å². The number of nitrogens with zero attached hydrogens (tertiary/aromatic N) is 5. The highest BCUT2D eigenvalue weighted by molar-refractivity contribution is 7.10. The lowest BCUT2D eigenvalue weighted by Crippen LogP contribution is -2.54. The van der Waals surface area contributed by atoms with Crippen molar-refractivity contribution in [1.82, 2.24) is 24.6 Å². The smallest absolute Gasteiger partial charge is 0.329 e. The van der Waals surface area contributed by atoms with Gasteiger partial charge in [0, 0.05) is 48.4 Å². The molecule has 0 unspecified atom stereocenters. The van der Waals surface area contributed by atoms with Gasteiger partial charge in [0.2, 0.25) is 5.13 Å². The zero-order valence-corrected chi connectivity index (χ0v) is 16.1. The number of amides is 2. The minimum absolute atomic E-state index is 0.0522. The number of rotatable bonds is 5. The monoisotopic (exact) mass is 398 g/mol. The summed E-state index contributed by atoms with van der Waals surface area (Å²) >= 11 is 1.06. The molecule has 3 N–H and O–H groups in total. The zero-order valence-electron chi connectivity index (χ0n) is 15.3. The molecule has 4 rings (SSSR count). The number of fused-ring (bicyclic) bond motifs is 1. The fourth-order valence-electron chi connectivity index (χ4n) is 3.32. The molecular formula is C17H18N8O2S. The van der Waals surface area contributed by atoms with E-state index < -0.39 is 0 Å². The molecule has 0 aromatic carbocycles. The molecule has 0 aliphatic heterocycles. The summed E-state index contributed by atoms with van der Waals surface area (Å²) in [7, 11) is 3.44. The molecule has 28 heavy (non-hydrogen) atoms. The first-order chi connectivity index (χ1) is 13.6. The van der Waals surface area contributed by atoms with E-state index in [9.17, 15) is 10.1 Å². The standard InChI is InChI=1S/C17H18N8O2S/c1-25(13-9(7-18)8-20-14-12(13)3-4-19-14)11-5-10(6-11)21-15(26)22-17-23-16(27-2)24-28-17/h3-4,8,10-11H,5-6H2,1-2H3,(H,19,20)(H2,21,22,23,24,26). The quantitative estimate of drug-likeness (QED) is 0.599. The van der Waals surface area contributed by atoms with Gasteiger partial charge in [0.1, 0.15) is 11.7 Å². The molecule has 1 aliphatic rings. The fourth-order valence-corrected chi connectivity index (χ4v) is 3.86. The van der Waals surface area contributed by atoms with Gasteiger partial charge < -0.3 is 19.9 Å². The summed E-state index contributed by atoms with van der Waals surface area (Å²) in [5.74, 6) is 0. The third kappa shape index (κ3) is 3.29. The Hall–Kier alpha value is -3.39. The molecule has 144 valence electrons. The topological polar surface area (TPSA) is 132 Å². The molecule has 3 aromatic rings. The number of carbonyl (C=O) groups excluding carboxylic acids is 1. The predicted octanol–water partition coefficient (Wildman–Crippen LogP) is 2.08. The number of carbonyl (C=O) groups is 1. The Morgan fingerprint density at radius 2 is 2.32 bits per heavy atom. The van der Waals surface area contributed by atoms with E-state index in [1.807, 2.05) is 19.3 Å². The van der Waals surface area contributed by atoms with Crippen molar-refractivity contribution in [2.75, 3.05) is 24.4 Å². The maximum Gasteiger partial charge on any atom is 0.329 e. The lowest BCUT2D eigenvalue weighted by atomic mass is 9.85. The largest absolute Gasteiger partial charge is 0.466 e. The van der Waals surface area contributed by atoms with Crippen molar-refractivity contribution in [3.63, 3.8) is 0 Å². The Labute approximate surface area is 164 Å². The lowest BCUT2D eigenvalue weighted by Gasteiger charge is -2.42. The molecule has 1 saturated carbocycles. The van der Waals surface area contributed by atoms with Crippen LogP contribution in [0.15, 0.2) is 18.5 Å². The van der Waals surface area contributed by atoms with E-state index >= 15 is 0 Å². The highest BCUT2D eigenvalue weighted by Gasteiger charge is 2.34. The molecular weight excluding hydrogens is 380 g/mol. The van der Waals surface area contributed by atoms with Gasteiger partial charge in [0.25, 0.3) is 0 Å². The van der Waals surface area contributed by atoms with E-state index in [2.05, 4.69) is 40.9 Å². The van der Waals surface area contributed by atoms with Crippen LogP contribution in [0, 0.1) is 11.3 Å². The highest BCUT2D eigenvalue weighted by Crippen LogP contribution is 2.34. The Balaban J connectivity index is 1.37. The average molecular weight is 398 g/mol. The first-order valence-corrected chi connectivity index (χ1v) is 9.40. The second-order valence-electron chi connectivity index (χ2n) is 6.49. The molecule has 2 amide bonds. The minimum Gasteiger partial charge on any atom is -0.466 e. The molecule has 3 aromatic heterocycles. The Bertz CT molecular complexity index is 1050. The van der Waals surface area contributed by atoms with Crippen molar-refractivity contribution < 1.29 is 9.53 Å². The second kappa shape index (κ2) is 7.32. The van der Waals surface area contributed by atoms with E-state index in [0.29, 0.717) is 10.7 Å². The maximum absolute atomic E-state index is 12.1. The number of nitrogens with one attached hydrogen (secondary N) is 3. The van der Waals surface area contributed by atoms with Crippen LogP contribution >= 0.6 is 11.5 Å². The number of aromatic nitrogens is 4. The van der Waals surface area contributed by atoms with E-state index in [4.69, 9.17) is 4.74 Å². The summed E-state index contributed by atoms with van der Waals surface area (Å²) < 4.78 is 8.83. The molecule has 0 saturated heterocycles. The first kappa shape index (κ1) is 18.0. The van der Waals surface area contributed by atoms with Crippen LogP contribution in [0.5, 0.6) is 6.01 Å². The fraction of sp³-hybridized carbons (Fsp3) is 0.353. The number of anilines is 2. The normalized spacial score (nSPS) is 18.2. The number of H-pyrrole nitrogens is 1. The number of pyridine rings is 1. The van der Waals surface area contributed by atoms with Crippen LogP contribution in [-0.4, -0.2) is 51.6 Å². The number of methoxy groups -OCH3 is 1. The van der Waals surface area contributed by atoms with Crippen molar-refractivity contribution in [1.29, 1.82) is 5.26 Å². The van der Waals surface area contributed by atoms with Crippen molar-refractivity contribution in [2.45, 2.75) is 24.9 Å². The highest BCUT2D eigenvalue weighted by atomic mass is 32.1. The molecule has 0 radical (unpaired) electrons. The Kier molecular flexibility index (Phi) is 4.70. The van der Waals surface area contributed by atoms with Gasteiger partial charge in [-0.15, -0.1) is 4.37 Å². The first-order valence-electron chi connectivity index (χ1n) is 8.63. The van der Waals surface area contributed by atoms with E-state index in [-0.39, 0.29) is 24.1 Å². The Morgan fingerprint density at radius 3 is 3.04 bits per heavy atom. The van der Waals surface area contributed by atoms with Gasteiger partial charge in [0.05, 0.1) is 18.4 Å². The number of hydrogen-bond acceptors (Lipinski definition) is 8. The van der Waals surface area contributed by atoms with Gasteiger partial charge in [-0.3, -0.25) is 5.32 Å².